The van der Waals surface area contributed by atoms with Gasteiger partial charge in [0.05, 0.1) is 0 Å². The minimum atomic E-state index is 1.01. The van der Waals surface area contributed by atoms with E-state index in [0.29, 0.717) is 0 Å². The Morgan fingerprint density at radius 2 is 2.07 bits per heavy atom. The van der Waals surface area contributed by atoms with E-state index < -0.39 is 0 Å². The van der Waals surface area contributed by atoms with Crippen LogP contribution in [0.15, 0.2) is 18.2 Å². The number of hydrogen-bond acceptors (Lipinski definition) is 1. The first kappa shape index (κ1) is 11.2. The highest BCUT2D eigenvalue weighted by atomic mass is 79.9. The molecule has 0 saturated heterocycles. The molecule has 0 unspecified atom stereocenters. The molecule has 0 heterocycles. The van der Waals surface area contributed by atoms with Gasteiger partial charge < -0.3 is 5.32 Å². The van der Waals surface area contributed by atoms with Crippen LogP contribution >= 0.6 is 15.9 Å². The lowest BCUT2D eigenvalue weighted by Gasteiger charge is -2.06. The van der Waals surface area contributed by atoms with Crippen molar-refractivity contribution in [1.82, 2.24) is 5.32 Å². The largest absolute Gasteiger partial charge is 0.313 e. The normalized spacial score (nSPS) is 14.2. The van der Waals surface area contributed by atoms with Gasteiger partial charge in [0.1, 0.15) is 0 Å². The molecule has 1 aromatic rings. The smallest absolute Gasteiger partial charge is 0.0205 e. The fraction of sp³-hybridized carbons (Fsp3) is 0.538. The van der Waals surface area contributed by atoms with Crippen LogP contribution in [0.1, 0.15) is 29.5 Å². The van der Waals surface area contributed by atoms with Gasteiger partial charge in [0, 0.05) is 11.9 Å². The van der Waals surface area contributed by atoms with Crippen LogP contribution in [-0.4, -0.2) is 11.9 Å². The Kier molecular flexibility index (Phi) is 4.21. The molecule has 0 aromatic heterocycles. The van der Waals surface area contributed by atoms with E-state index in [1.807, 2.05) is 0 Å². The highest BCUT2D eigenvalue weighted by molar-refractivity contribution is 9.09. The first-order valence-corrected chi connectivity index (χ1v) is 6.89. The highest BCUT2D eigenvalue weighted by Gasteiger charge is 2.10. The second-order valence-electron chi connectivity index (χ2n) is 4.18. The van der Waals surface area contributed by atoms with Crippen molar-refractivity contribution in [2.75, 3.05) is 11.9 Å². The number of alkyl halides is 1. The van der Waals surface area contributed by atoms with Crippen LogP contribution in [0, 0.1) is 0 Å². The van der Waals surface area contributed by atoms with Crippen LogP contribution in [-0.2, 0) is 19.4 Å². The summed E-state index contributed by atoms with van der Waals surface area (Å²) >= 11 is 3.44. The van der Waals surface area contributed by atoms with Crippen molar-refractivity contribution in [1.29, 1.82) is 0 Å². The van der Waals surface area contributed by atoms with Crippen molar-refractivity contribution in [2.45, 2.75) is 32.2 Å². The van der Waals surface area contributed by atoms with Crippen LogP contribution < -0.4 is 5.32 Å². The van der Waals surface area contributed by atoms with Gasteiger partial charge in [-0.25, -0.2) is 0 Å². The first-order chi connectivity index (χ1) is 7.40. The summed E-state index contributed by atoms with van der Waals surface area (Å²) < 4.78 is 0. The zero-order valence-electron chi connectivity index (χ0n) is 9.06. The summed E-state index contributed by atoms with van der Waals surface area (Å²) in [4.78, 5) is 0. The van der Waals surface area contributed by atoms with E-state index in [0.717, 1.165) is 18.4 Å². The Bertz CT molecular complexity index is 322. The maximum absolute atomic E-state index is 3.46. The van der Waals surface area contributed by atoms with Gasteiger partial charge in [0.2, 0.25) is 0 Å². The van der Waals surface area contributed by atoms with Crippen molar-refractivity contribution < 1.29 is 0 Å². The average Bonchev–Trinajstić information content (AvgIpc) is 2.71. The Morgan fingerprint density at radius 3 is 2.93 bits per heavy atom. The maximum atomic E-state index is 3.46. The number of fused-ring (bicyclic) bond motifs is 1. The second kappa shape index (κ2) is 5.66. The topological polar surface area (TPSA) is 12.0 Å². The van der Waals surface area contributed by atoms with Crippen LogP contribution in [0.5, 0.6) is 0 Å². The van der Waals surface area contributed by atoms with Crippen LogP contribution in [0.2, 0.25) is 0 Å². The third-order valence-electron chi connectivity index (χ3n) is 2.98. The van der Waals surface area contributed by atoms with E-state index in [1.165, 1.54) is 31.2 Å². The van der Waals surface area contributed by atoms with Crippen LogP contribution in [0.25, 0.3) is 0 Å². The zero-order valence-corrected chi connectivity index (χ0v) is 10.6. The third kappa shape index (κ3) is 3.05. The lowest BCUT2D eigenvalue weighted by Crippen LogP contribution is -2.15. The molecule has 1 N–H and O–H groups in total. The zero-order chi connectivity index (χ0) is 10.5. The summed E-state index contributed by atoms with van der Waals surface area (Å²) in [5, 5.41) is 4.55. The molecule has 0 saturated carbocycles. The Balaban J connectivity index is 1.87. The van der Waals surface area contributed by atoms with Gasteiger partial charge in [-0.2, -0.15) is 0 Å². The number of nitrogens with one attached hydrogen (secondary N) is 1. The molecule has 1 nitrogen and oxygen atoms in total. The summed E-state index contributed by atoms with van der Waals surface area (Å²) in [5.41, 5.74) is 4.58. The van der Waals surface area contributed by atoms with E-state index in [9.17, 15) is 0 Å². The van der Waals surface area contributed by atoms with Gasteiger partial charge in [0.25, 0.3) is 0 Å². The Morgan fingerprint density at radius 1 is 1.20 bits per heavy atom. The highest BCUT2D eigenvalue weighted by Crippen LogP contribution is 2.22. The molecule has 0 fully saturated rings. The lowest BCUT2D eigenvalue weighted by molar-refractivity contribution is 0.679. The van der Waals surface area contributed by atoms with E-state index >= 15 is 0 Å². The maximum Gasteiger partial charge on any atom is 0.0205 e. The molecule has 82 valence electrons. The molecule has 0 spiro atoms. The van der Waals surface area contributed by atoms with Crippen molar-refractivity contribution in [3.8, 4) is 0 Å². The summed E-state index contributed by atoms with van der Waals surface area (Å²) in [7, 11) is 0. The molecule has 0 amide bonds. The van der Waals surface area contributed by atoms with Crippen molar-refractivity contribution in [3.05, 3.63) is 34.9 Å². The second-order valence-corrected chi connectivity index (χ2v) is 4.97. The van der Waals surface area contributed by atoms with Gasteiger partial charge in [0.15, 0.2) is 0 Å². The number of rotatable bonds is 5. The summed E-state index contributed by atoms with van der Waals surface area (Å²) in [6.45, 7) is 2.11. The summed E-state index contributed by atoms with van der Waals surface area (Å²) in [6, 6.07) is 6.96. The van der Waals surface area contributed by atoms with Crippen molar-refractivity contribution in [2.24, 2.45) is 0 Å². The molecule has 0 aliphatic heterocycles. The van der Waals surface area contributed by atoms with Crippen molar-refractivity contribution >= 4 is 15.9 Å². The minimum Gasteiger partial charge on any atom is -0.313 e. The van der Waals surface area contributed by atoms with Gasteiger partial charge in [-0.1, -0.05) is 34.1 Å². The quantitative estimate of drug-likeness (QED) is 0.639. The minimum absolute atomic E-state index is 1.01. The van der Waals surface area contributed by atoms with E-state index in [-0.39, 0.29) is 0 Å². The van der Waals surface area contributed by atoms with E-state index in [2.05, 4.69) is 39.4 Å². The van der Waals surface area contributed by atoms with Crippen LogP contribution in [0.3, 0.4) is 0 Å². The predicted molar refractivity (Wildman–Crippen MR) is 68.6 cm³/mol. The fourth-order valence-electron chi connectivity index (χ4n) is 2.16. The Hall–Kier alpha value is -0.340. The summed E-state index contributed by atoms with van der Waals surface area (Å²) in [5.74, 6) is 0. The third-order valence-corrected chi connectivity index (χ3v) is 3.54. The molecule has 2 heteroatoms. The number of benzene rings is 1. The number of aryl methyl sites for hydroxylation is 2. The standard InChI is InChI=1S/C13H18BrN/c14-7-2-8-15-10-11-5-6-12-3-1-4-13(12)9-11/h5-6,9,15H,1-4,7-8,10H2. The fourth-order valence-corrected chi connectivity index (χ4v) is 2.44. The number of hydrogen-bond donors (Lipinski definition) is 1. The van der Waals surface area contributed by atoms with Crippen molar-refractivity contribution in [3.63, 3.8) is 0 Å². The summed E-state index contributed by atoms with van der Waals surface area (Å²) in [6.07, 6.45) is 5.11. The van der Waals surface area contributed by atoms with Gasteiger partial charge >= 0.3 is 0 Å². The predicted octanol–water partition coefficient (Wildman–Crippen LogP) is 3.05. The Labute approximate surface area is 100 Å². The van der Waals surface area contributed by atoms with E-state index in [4.69, 9.17) is 0 Å². The molecule has 1 aromatic carbocycles. The SMILES string of the molecule is BrCCCNCc1ccc2c(c1)CCC2. The monoisotopic (exact) mass is 267 g/mol. The van der Waals surface area contributed by atoms with E-state index in [1.54, 1.807) is 11.1 Å². The van der Waals surface area contributed by atoms with Gasteiger partial charge in [-0.05, 0) is 48.9 Å². The number of halogens is 1. The molecular formula is C13H18BrN. The van der Waals surface area contributed by atoms with Gasteiger partial charge in [-0.3, -0.25) is 0 Å². The molecule has 0 bridgehead atoms. The molecule has 0 radical (unpaired) electrons. The molecule has 0 atom stereocenters. The van der Waals surface area contributed by atoms with Gasteiger partial charge in [-0.15, -0.1) is 0 Å². The van der Waals surface area contributed by atoms with Crippen LogP contribution in [0.4, 0.5) is 0 Å². The lowest BCUT2D eigenvalue weighted by atomic mass is 10.1. The molecule has 1 aliphatic carbocycles. The molecule has 15 heavy (non-hydrogen) atoms. The molecule has 2 rings (SSSR count). The first-order valence-electron chi connectivity index (χ1n) is 5.77. The average molecular weight is 268 g/mol. The molecular weight excluding hydrogens is 250 g/mol. The molecule has 1 aliphatic rings.